The highest BCUT2D eigenvalue weighted by molar-refractivity contribution is 6.51. The number of ether oxygens (including phenoxy) is 2. The van der Waals surface area contributed by atoms with E-state index in [0.29, 0.717) is 28.1 Å². The average Bonchev–Trinajstić information content (AvgIpc) is 3.41. The number of nitrogens with zero attached hydrogens (tertiary/aromatic N) is 2. The molecule has 2 N–H and O–H groups in total. The molecule has 1 aromatic heterocycles. The molecule has 0 aliphatic carbocycles. The summed E-state index contributed by atoms with van der Waals surface area (Å²) < 4.78 is 10.6. The maximum absolute atomic E-state index is 13.4. The van der Waals surface area contributed by atoms with Crippen LogP contribution in [0, 0.1) is 6.92 Å². The number of methoxy groups -OCH3 is 2. The van der Waals surface area contributed by atoms with Gasteiger partial charge in [-0.3, -0.25) is 14.5 Å². The highest BCUT2D eigenvalue weighted by atomic mass is 16.5. The van der Waals surface area contributed by atoms with Gasteiger partial charge in [-0.15, -0.1) is 0 Å². The summed E-state index contributed by atoms with van der Waals surface area (Å²) in [5.41, 5.74) is 3.30. The fraction of sp³-hybridized carbons (Fsp3) is 0.148. The lowest BCUT2D eigenvalue weighted by atomic mass is 9.94. The third-order valence-electron chi connectivity index (χ3n) is 6.06. The molecule has 1 unspecified atom stereocenters. The second kappa shape index (κ2) is 8.64. The first-order valence-electron chi connectivity index (χ1n) is 11.0. The third kappa shape index (κ3) is 3.69. The van der Waals surface area contributed by atoms with Gasteiger partial charge in [-0.25, -0.2) is 4.98 Å². The first kappa shape index (κ1) is 22.2. The molecule has 3 aromatic carbocycles. The number of benzene rings is 3. The maximum atomic E-state index is 13.4. The van der Waals surface area contributed by atoms with Crippen LogP contribution in [-0.2, 0) is 9.59 Å². The van der Waals surface area contributed by atoms with Crippen LogP contribution in [0.5, 0.6) is 11.5 Å². The summed E-state index contributed by atoms with van der Waals surface area (Å²) in [5, 5.41) is 11.4. The quantitative estimate of drug-likeness (QED) is 0.253. The molecule has 1 aliphatic rings. The molecule has 1 fully saturated rings. The van der Waals surface area contributed by atoms with Crippen molar-refractivity contribution in [3.63, 3.8) is 0 Å². The molecule has 176 valence electrons. The summed E-state index contributed by atoms with van der Waals surface area (Å²) in [6.07, 6.45) is 0. The molecule has 4 aromatic rings. The first-order valence-corrected chi connectivity index (χ1v) is 11.0. The number of amides is 1. The number of Topliss-reactive ketones (excluding diaryl/α,β-unsaturated/α-hetero) is 1. The van der Waals surface area contributed by atoms with E-state index in [1.165, 1.54) is 19.1 Å². The molecule has 2 heterocycles. The van der Waals surface area contributed by atoms with E-state index in [-0.39, 0.29) is 17.3 Å². The summed E-state index contributed by atoms with van der Waals surface area (Å²) in [4.78, 5) is 35.7. The molecule has 0 radical (unpaired) electrons. The number of nitrogens with one attached hydrogen (secondary N) is 1. The molecule has 0 saturated carbocycles. The normalized spacial score (nSPS) is 17.2. The lowest BCUT2D eigenvalue weighted by molar-refractivity contribution is -0.132. The molecule has 1 amide bonds. The molecule has 8 nitrogen and oxygen atoms in total. The second-order valence-corrected chi connectivity index (χ2v) is 8.23. The Labute approximate surface area is 201 Å². The van der Waals surface area contributed by atoms with Crippen molar-refractivity contribution < 1.29 is 24.2 Å². The van der Waals surface area contributed by atoms with E-state index in [0.717, 1.165) is 11.1 Å². The minimum Gasteiger partial charge on any atom is -0.507 e. The van der Waals surface area contributed by atoms with Crippen LogP contribution in [0.3, 0.4) is 0 Å². The van der Waals surface area contributed by atoms with Crippen molar-refractivity contribution in [2.75, 3.05) is 19.1 Å². The topological polar surface area (TPSA) is 105 Å². The van der Waals surface area contributed by atoms with Crippen LogP contribution in [0.15, 0.2) is 72.3 Å². The van der Waals surface area contributed by atoms with Crippen molar-refractivity contribution in [3.8, 4) is 11.5 Å². The number of fused-ring (bicyclic) bond motifs is 1. The third-order valence-corrected chi connectivity index (χ3v) is 6.06. The lowest BCUT2D eigenvalue weighted by Gasteiger charge is -2.23. The Morgan fingerprint density at radius 2 is 1.74 bits per heavy atom. The number of rotatable bonds is 5. The van der Waals surface area contributed by atoms with Crippen LogP contribution in [-0.4, -0.2) is 41.0 Å². The number of imidazole rings is 1. The van der Waals surface area contributed by atoms with Crippen molar-refractivity contribution in [2.45, 2.75) is 13.0 Å². The van der Waals surface area contributed by atoms with Gasteiger partial charge in [0.25, 0.3) is 5.78 Å². The number of aliphatic hydroxyl groups excluding tert-OH is 1. The monoisotopic (exact) mass is 469 g/mol. The molecule has 5 rings (SSSR count). The molecule has 1 aliphatic heterocycles. The van der Waals surface area contributed by atoms with E-state index >= 15 is 0 Å². The number of carbonyl (C=O) groups excluding carboxylic acids is 2. The van der Waals surface area contributed by atoms with Gasteiger partial charge in [0.15, 0.2) is 11.5 Å². The minimum absolute atomic E-state index is 0.0340. The number of aromatic amines is 1. The standard InChI is InChI=1S/C27H23N3O5/c1-15-7-6-8-16(13-15)23-22(24(31)17-11-12-20(34-2)21(14-17)35-3)25(32)26(33)30(23)27-28-18-9-4-5-10-19(18)29-27/h4-14,23,31H,1-3H3,(H,28,29)/b24-22+. The molecular formula is C27H23N3O5. The van der Waals surface area contributed by atoms with Crippen molar-refractivity contribution in [3.05, 3.63) is 89.0 Å². The highest BCUT2D eigenvalue weighted by Gasteiger charge is 2.48. The number of anilines is 1. The number of hydrogen-bond acceptors (Lipinski definition) is 6. The summed E-state index contributed by atoms with van der Waals surface area (Å²) in [5.74, 6) is -0.806. The maximum Gasteiger partial charge on any atom is 0.302 e. The van der Waals surface area contributed by atoms with Gasteiger partial charge in [0.2, 0.25) is 5.95 Å². The number of carbonyl (C=O) groups is 2. The Kier molecular flexibility index (Phi) is 5.49. The fourth-order valence-electron chi connectivity index (χ4n) is 4.40. The van der Waals surface area contributed by atoms with E-state index in [9.17, 15) is 14.7 Å². The van der Waals surface area contributed by atoms with Crippen LogP contribution >= 0.6 is 0 Å². The predicted octanol–water partition coefficient (Wildman–Crippen LogP) is 4.51. The zero-order valence-electron chi connectivity index (χ0n) is 19.4. The average molecular weight is 469 g/mol. The van der Waals surface area contributed by atoms with Gasteiger partial charge in [0, 0.05) is 5.56 Å². The molecule has 1 saturated heterocycles. The van der Waals surface area contributed by atoms with Crippen molar-refractivity contribution in [1.29, 1.82) is 0 Å². The van der Waals surface area contributed by atoms with Crippen LogP contribution in [0.4, 0.5) is 5.95 Å². The van der Waals surface area contributed by atoms with Gasteiger partial charge in [0.1, 0.15) is 5.76 Å². The predicted molar refractivity (Wildman–Crippen MR) is 132 cm³/mol. The van der Waals surface area contributed by atoms with Gasteiger partial charge in [0.05, 0.1) is 36.9 Å². The van der Waals surface area contributed by atoms with Gasteiger partial charge >= 0.3 is 5.91 Å². The second-order valence-electron chi connectivity index (χ2n) is 8.23. The first-order chi connectivity index (χ1) is 16.9. The summed E-state index contributed by atoms with van der Waals surface area (Å²) in [7, 11) is 2.99. The fourth-order valence-corrected chi connectivity index (χ4v) is 4.40. The highest BCUT2D eigenvalue weighted by Crippen LogP contribution is 2.42. The van der Waals surface area contributed by atoms with Gasteiger partial charge in [-0.1, -0.05) is 42.0 Å². The minimum atomic E-state index is -0.886. The number of ketones is 1. The molecule has 35 heavy (non-hydrogen) atoms. The Morgan fingerprint density at radius 3 is 2.46 bits per heavy atom. The van der Waals surface area contributed by atoms with Crippen molar-refractivity contribution in [2.24, 2.45) is 0 Å². The zero-order chi connectivity index (χ0) is 24.7. The zero-order valence-corrected chi connectivity index (χ0v) is 19.4. The van der Waals surface area contributed by atoms with Crippen LogP contribution in [0.25, 0.3) is 16.8 Å². The number of H-pyrrole nitrogens is 1. The van der Waals surface area contributed by atoms with E-state index in [1.807, 2.05) is 55.5 Å². The van der Waals surface area contributed by atoms with E-state index in [2.05, 4.69) is 9.97 Å². The van der Waals surface area contributed by atoms with Crippen molar-refractivity contribution in [1.82, 2.24) is 9.97 Å². The Balaban J connectivity index is 1.73. The number of hydrogen-bond donors (Lipinski definition) is 2. The SMILES string of the molecule is COc1ccc(/C(O)=C2\C(=O)C(=O)N(c3nc4ccccc4[nH]3)C2c2cccc(C)c2)cc1OC. The number of aliphatic hydroxyl groups is 1. The molecular weight excluding hydrogens is 446 g/mol. The molecule has 1 atom stereocenters. The van der Waals surface area contributed by atoms with E-state index < -0.39 is 17.7 Å². The van der Waals surface area contributed by atoms with Gasteiger partial charge in [-0.05, 0) is 42.8 Å². The number of para-hydroxylation sites is 2. The number of aromatic nitrogens is 2. The van der Waals surface area contributed by atoms with Gasteiger partial charge in [-0.2, -0.15) is 0 Å². The Hall–Kier alpha value is -4.59. The largest absolute Gasteiger partial charge is 0.507 e. The molecule has 0 bridgehead atoms. The van der Waals surface area contributed by atoms with Crippen LogP contribution in [0.1, 0.15) is 22.7 Å². The number of aryl methyl sites for hydroxylation is 1. The smallest absolute Gasteiger partial charge is 0.302 e. The van der Waals surface area contributed by atoms with Crippen molar-refractivity contribution >= 4 is 34.4 Å². The summed E-state index contributed by atoms with van der Waals surface area (Å²) >= 11 is 0. The van der Waals surface area contributed by atoms with E-state index in [4.69, 9.17) is 9.47 Å². The summed E-state index contributed by atoms with van der Waals surface area (Å²) in [6, 6.07) is 18.7. The molecule has 8 heteroatoms. The van der Waals surface area contributed by atoms with Crippen LogP contribution in [0.2, 0.25) is 0 Å². The lowest BCUT2D eigenvalue weighted by Crippen LogP contribution is -2.30. The summed E-state index contributed by atoms with van der Waals surface area (Å²) in [6.45, 7) is 1.92. The van der Waals surface area contributed by atoms with Gasteiger partial charge < -0.3 is 19.6 Å². The molecule has 0 spiro atoms. The Morgan fingerprint density at radius 1 is 0.971 bits per heavy atom. The van der Waals surface area contributed by atoms with Crippen LogP contribution < -0.4 is 14.4 Å². The Bertz CT molecular complexity index is 1470. The van der Waals surface area contributed by atoms with E-state index in [1.54, 1.807) is 18.2 Å².